The highest BCUT2D eigenvalue weighted by Crippen LogP contribution is 2.21. The average Bonchev–Trinajstić information content (AvgIpc) is 2.98. The normalized spacial score (nSPS) is 16.6. The molecule has 106 valence electrons. The lowest BCUT2D eigenvalue weighted by Gasteiger charge is -2.34. The second kappa shape index (κ2) is 6.26. The average molecular weight is 329 g/mol. The topological polar surface area (TPSA) is 32.3 Å². The van der Waals surface area contributed by atoms with Crippen molar-refractivity contribution in [2.75, 3.05) is 31.1 Å². The van der Waals surface area contributed by atoms with Gasteiger partial charge in [-0.15, -0.1) is 11.3 Å². The Bertz CT molecular complexity index is 568. The van der Waals surface area contributed by atoms with Crippen molar-refractivity contribution >= 4 is 39.7 Å². The van der Waals surface area contributed by atoms with Crippen molar-refractivity contribution in [3.8, 4) is 0 Å². The van der Waals surface area contributed by atoms with E-state index in [1.807, 2.05) is 11.6 Å². The zero-order valence-electron chi connectivity index (χ0n) is 10.8. The van der Waals surface area contributed by atoms with Crippen LogP contribution in [0.25, 0.3) is 0 Å². The van der Waals surface area contributed by atoms with Crippen LogP contribution in [-0.2, 0) is 6.54 Å². The number of rotatable bonds is 3. The third-order valence-electron chi connectivity index (χ3n) is 3.32. The maximum Gasteiger partial charge on any atom is 0.185 e. The van der Waals surface area contributed by atoms with Crippen molar-refractivity contribution in [2.24, 2.45) is 0 Å². The smallest absolute Gasteiger partial charge is 0.185 e. The van der Waals surface area contributed by atoms with Crippen molar-refractivity contribution in [2.45, 2.75) is 6.54 Å². The van der Waals surface area contributed by atoms with Gasteiger partial charge >= 0.3 is 0 Å². The molecule has 20 heavy (non-hydrogen) atoms. The van der Waals surface area contributed by atoms with Crippen LogP contribution in [0.2, 0.25) is 10.2 Å². The summed E-state index contributed by atoms with van der Waals surface area (Å²) < 4.78 is 0. The van der Waals surface area contributed by atoms with E-state index >= 15 is 0 Å². The Balaban J connectivity index is 1.60. The first kappa shape index (κ1) is 14.1. The molecule has 0 atom stereocenters. The molecule has 0 spiro atoms. The maximum atomic E-state index is 6.16. The molecule has 0 bridgehead atoms. The Hall–Kier alpha value is -0.880. The number of nitrogens with zero attached hydrogens (tertiary/aromatic N) is 4. The maximum absolute atomic E-state index is 6.16. The minimum absolute atomic E-state index is 0.492. The van der Waals surface area contributed by atoms with Gasteiger partial charge in [0.2, 0.25) is 0 Å². The molecule has 1 aliphatic heterocycles. The highest BCUT2D eigenvalue weighted by Gasteiger charge is 2.19. The van der Waals surface area contributed by atoms with E-state index < -0.39 is 0 Å². The molecule has 2 aromatic rings. The van der Waals surface area contributed by atoms with Crippen LogP contribution in [-0.4, -0.2) is 41.0 Å². The molecule has 0 saturated carbocycles. The van der Waals surface area contributed by atoms with E-state index in [2.05, 4.69) is 19.8 Å². The van der Waals surface area contributed by atoms with Crippen LogP contribution in [0.4, 0.5) is 5.13 Å². The Morgan fingerprint density at radius 3 is 2.65 bits per heavy atom. The largest absolute Gasteiger partial charge is 0.346 e. The Kier molecular flexibility index (Phi) is 4.41. The fraction of sp³-hybridized carbons (Fsp3) is 0.385. The van der Waals surface area contributed by atoms with Gasteiger partial charge in [0, 0.05) is 44.3 Å². The molecule has 0 amide bonds. The summed E-state index contributed by atoms with van der Waals surface area (Å²) >= 11 is 13.8. The van der Waals surface area contributed by atoms with Gasteiger partial charge in [-0.1, -0.05) is 23.2 Å². The number of aromatic nitrogens is 2. The summed E-state index contributed by atoms with van der Waals surface area (Å²) in [5, 5.41) is 4.28. The standard InChI is InChI=1S/C13H14Cl2N4S/c14-10-1-2-12(15)17-11(10)9-18-4-6-19(7-5-18)13-16-3-8-20-13/h1-3,8H,4-7,9H2. The summed E-state index contributed by atoms with van der Waals surface area (Å²) in [4.78, 5) is 13.3. The quantitative estimate of drug-likeness (QED) is 0.810. The predicted molar refractivity (Wildman–Crippen MR) is 83.9 cm³/mol. The molecule has 7 heteroatoms. The molecule has 0 aliphatic carbocycles. The van der Waals surface area contributed by atoms with Crippen LogP contribution in [0.3, 0.4) is 0 Å². The van der Waals surface area contributed by atoms with Gasteiger partial charge in [-0.3, -0.25) is 4.90 Å². The monoisotopic (exact) mass is 328 g/mol. The van der Waals surface area contributed by atoms with Crippen molar-refractivity contribution in [1.29, 1.82) is 0 Å². The summed E-state index contributed by atoms with van der Waals surface area (Å²) in [5.41, 5.74) is 0.849. The third-order valence-corrected chi connectivity index (χ3v) is 4.71. The number of pyridine rings is 1. The number of halogens is 2. The molecule has 0 radical (unpaired) electrons. The SMILES string of the molecule is Clc1ccc(Cl)c(CN2CCN(c3nccs3)CC2)n1. The second-order valence-electron chi connectivity index (χ2n) is 4.64. The first-order chi connectivity index (χ1) is 9.72. The van der Waals surface area contributed by atoms with Gasteiger partial charge in [-0.05, 0) is 12.1 Å². The van der Waals surface area contributed by atoms with Gasteiger partial charge in [0.15, 0.2) is 5.13 Å². The van der Waals surface area contributed by atoms with E-state index in [1.54, 1.807) is 23.5 Å². The van der Waals surface area contributed by atoms with E-state index in [0.29, 0.717) is 10.2 Å². The van der Waals surface area contributed by atoms with Crippen LogP contribution in [0, 0.1) is 0 Å². The Labute approximate surface area is 132 Å². The van der Waals surface area contributed by atoms with Crippen LogP contribution in [0.5, 0.6) is 0 Å². The molecule has 3 rings (SSSR count). The van der Waals surface area contributed by atoms with Crippen LogP contribution >= 0.6 is 34.5 Å². The lowest BCUT2D eigenvalue weighted by atomic mass is 10.3. The predicted octanol–water partition coefficient (Wildman–Crippen LogP) is 3.17. The Morgan fingerprint density at radius 2 is 1.95 bits per heavy atom. The highest BCUT2D eigenvalue weighted by atomic mass is 35.5. The number of hydrogen-bond acceptors (Lipinski definition) is 5. The Morgan fingerprint density at radius 1 is 1.15 bits per heavy atom. The van der Waals surface area contributed by atoms with Gasteiger partial charge < -0.3 is 4.90 Å². The summed E-state index contributed by atoms with van der Waals surface area (Å²) in [6.07, 6.45) is 1.85. The molecule has 3 heterocycles. The van der Waals surface area contributed by atoms with E-state index in [4.69, 9.17) is 23.2 Å². The minimum atomic E-state index is 0.492. The first-order valence-corrected chi connectivity index (χ1v) is 8.03. The highest BCUT2D eigenvalue weighted by molar-refractivity contribution is 7.13. The molecule has 1 fully saturated rings. The van der Waals surface area contributed by atoms with Gasteiger partial charge in [0.1, 0.15) is 5.15 Å². The zero-order valence-corrected chi connectivity index (χ0v) is 13.1. The third kappa shape index (κ3) is 3.23. The van der Waals surface area contributed by atoms with Crippen LogP contribution in [0.1, 0.15) is 5.69 Å². The molecule has 4 nitrogen and oxygen atoms in total. The van der Waals surface area contributed by atoms with Crippen molar-refractivity contribution in [3.05, 3.63) is 39.6 Å². The van der Waals surface area contributed by atoms with Crippen molar-refractivity contribution in [3.63, 3.8) is 0 Å². The lowest BCUT2D eigenvalue weighted by Crippen LogP contribution is -2.46. The summed E-state index contributed by atoms with van der Waals surface area (Å²) in [6.45, 7) is 4.65. The van der Waals surface area contributed by atoms with Crippen molar-refractivity contribution < 1.29 is 0 Å². The van der Waals surface area contributed by atoms with Crippen molar-refractivity contribution in [1.82, 2.24) is 14.9 Å². The molecule has 1 aliphatic rings. The lowest BCUT2D eigenvalue weighted by molar-refractivity contribution is 0.247. The molecular weight excluding hydrogens is 315 g/mol. The molecule has 0 unspecified atom stereocenters. The molecule has 0 N–H and O–H groups in total. The van der Waals surface area contributed by atoms with Gasteiger partial charge in [0.25, 0.3) is 0 Å². The first-order valence-electron chi connectivity index (χ1n) is 6.40. The number of thiazole rings is 1. The van der Waals surface area contributed by atoms with Crippen LogP contribution < -0.4 is 4.90 Å². The summed E-state index contributed by atoms with van der Waals surface area (Å²) in [7, 11) is 0. The van der Waals surface area contributed by atoms with E-state index in [1.165, 1.54) is 0 Å². The summed E-state index contributed by atoms with van der Waals surface area (Å²) in [6, 6.07) is 3.52. The second-order valence-corrected chi connectivity index (χ2v) is 6.31. The number of piperazine rings is 1. The number of anilines is 1. The number of hydrogen-bond donors (Lipinski definition) is 0. The molecular formula is C13H14Cl2N4S. The van der Waals surface area contributed by atoms with E-state index in [-0.39, 0.29) is 0 Å². The van der Waals surface area contributed by atoms with E-state index in [9.17, 15) is 0 Å². The van der Waals surface area contributed by atoms with E-state index in [0.717, 1.165) is 43.5 Å². The van der Waals surface area contributed by atoms with Gasteiger partial charge in [0.05, 0.1) is 10.7 Å². The minimum Gasteiger partial charge on any atom is -0.346 e. The zero-order chi connectivity index (χ0) is 13.9. The fourth-order valence-corrected chi connectivity index (χ4v) is 3.28. The molecule has 2 aromatic heterocycles. The van der Waals surface area contributed by atoms with Gasteiger partial charge in [-0.25, -0.2) is 9.97 Å². The molecule has 1 saturated heterocycles. The van der Waals surface area contributed by atoms with Crippen LogP contribution in [0.15, 0.2) is 23.7 Å². The molecule has 0 aromatic carbocycles. The summed E-state index contributed by atoms with van der Waals surface area (Å²) in [5.74, 6) is 0. The van der Waals surface area contributed by atoms with Gasteiger partial charge in [-0.2, -0.15) is 0 Å². The fourth-order valence-electron chi connectivity index (χ4n) is 2.25.